The number of nitrogens with zero attached hydrogens (tertiary/aromatic N) is 1. The van der Waals surface area contributed by atoms with E-state index in [-0.39, 0.29) is 19.1 Å². The summed E-state index contributed by atoms with van der Waals surface area (Å²) < 4.78 is 11.0. The monoisotopic (exact) mass is 363 g/mol. The standard InChI is InChI=1S/C22H21NO4/c1-2-26-17-9-11-18(12-10-17)27-14-16(24)13-23-20-8-4-6-15-5-3-7-19(21(15)20)22(23)25/h3-12,16,24H,2,13-14H2,1H3. The molecule has 1 aliphatic rings. The quantitative estimate of drug-likeness (QED) is 0.696. The molecule has 3 aromatic carbocycles. The zero-order valence-corrected chi connectivity index (χ0v) is 15.1. The Kier molecular flexibility index (Phi) is 4.69. The second-order valence-electron chi connectivity index (χ2n) is 6.47. The summed E-state index contributed by atoms with van der Waals surface area (Å²) in [4.78, 5) is 14.4. The third-order valence-corrected chi connectivity index (χ3v) is 4.62. The third kappa shape index (κ3) is 3.34. The molecule has 27 heavy (non-hydrogen) atoms. The van der Waals surface area contributed by atoms with Crippen molar-refractivity contribution in [3.63, 3.8) is 0 Å². The summed E-state index contributed by atoms with van der Waals surface area (Å²) in [5, 5.41) is 12.4. The van der Waals surface area contributed by atoms with Crippen molar-refractivity contribution in [3.8, 4) is 11.5 Å². The van der Waals surface area contributed by atoms with Gasteiger partial charge in [-0.15, -0.1) is 0 Å². The highest BCUT2D eigenvalue weighted by atomic mass is 16.5. The van der Waals surface area contributed by atoms with Gasteiger partial charge in [0.15, 0.2) is 0 Å². The summed E-state index contributed by atoms with van der Waals surface area (Å²) >= 11 is 0. The summed E-state index contributed by atoms with van der Waals surface area (Å²) in [6.07, 6.45) is -0.801. The van der Waals surface area contributed by atoms with Crippen LogP contribution in [0.1, 0.15) is 17.3 Å². The third-order valence-electron chi connectivity index (χ3n) is 4.62. The van der Waals surface area contributed by atoms with E-state index in [2.05, 4.69) is 0 Å². The molecule has 138 valence electrons. The average molecular weight is 363 g/mol. The first kappa shape index (κ1) is 17.4. The molecule has 3 aromatic rings. The highest BCUT2D eigenvalue weighted by Crippen LogP contribution is 2.37. The van der Waals surface area contributed by atoms with E-state index in [0.29, 0.717) is 17.9 Å². The van der Waals surface area contributed by atoms with Crippen LogP contribution in [0.15, 0.2) is 60.7 Å². The van der Waals surface area contributed by atoms with Crippen LogP contribution in [0, 0.1) is 0 Å². The normalized spacial score (nSPS) is 13.9. The minimum Gasteiger partial charge on any atom is -0.494 e. The van der Waals surface area contributed by atoms with E-state index in [1.54, 1.807) is 17.0 Å². The van der Waals surface area contributed by atoms with Crippen LogP contribution in [0.5, 0.6) is 11.5 Å². The van der Waals surface area contributed by atoms with E-state index in [9.17, 15) is 9.90 Å². The lowest BCUT2D eigenvalue weighted by atomic mass is 10.1. The van der Waals surface area contributed by atoms with Gasteiger partial charge in [0.05, 0.1) is 18.8 Å². The van der Waals surface area contributed by atoms with Crippen molar-refractivity contribution in [2.45, 2.75) is 13.0 Å². The van der Waals surface area contributed by atoms with Gasteiger partial charge in [-0.25, -0.2) is 0 Å². The average Bonchev–Trinajstić information content (AvgIpc) is 2.96. The number of carbonyl (C=O) groups is 1. The second kappa shape index (κ2) is 7.29. The van der Waals surface area contributed by atoms with Crippen molar-refractivity contribution in [1.29, 1.82) is 0 Å². The number of amides is 1. The SMILES string of the molecule is CCOc1ccc(OCC(O)CN2C(=O)c3cccc4cccc2c34)cc1. The molecule has 1 N–H and O–H groups in total. The Morgan fingerprint density at radius 3 is 2.33 bits per heavy atom. The van der Waals surface area contributed by atoms with Gasteiger partial charge >= 0.3 is 0 Å². The van der Waals surface area contributed by atoms with Crippen LogP contribution in [0.4, 0.5) is 5.69 Å². The molecule has 1 aliphatic heterocycles. The Hall–Kier alpha value is -3.05. The molecule has 1 atom stereocenters. The van der Waals surface area contributed by atoms with E-state index in [1.165, 1.54) is 0 Å². The molecule has 5 heteroatoms. The Balaban J connectivity index is 1.42. The second-order valence-corrected chi connectivity index (χ2v) is 6.47. The van der Waals surface area contributed by atoms with Gasteiger partial charge in [-0.3, -0.25) is 4.79 Å². The van der Waals surface area contributed by atoms with E-state index < -0.39 is 6.10 Å². The van der Waals surface area contributed by atoms with Crippen molar-refractivity contribution < 1.29 is 19.4 Å². The number of anilines is 1. The lowest BCUT2D eigenvalue weighted by molar-refractivity contribution is 0.0913. The van der Waals surface area contributed by atoms with E-state index in [1.807, 2.05) is 55.5 Å². The maximum atomic E-state index is 12.7. The molecule has 1 unspecified atom stereocenters. The number of β-amino-alcohol motifs (C(OH)–C–C–N with tert-alkyl or cyclic N) is 1. The maximum absolute atomic E-state index is 12.7. The van der Waals surface area contributed by atoms with Crippen LogP contribution in [-0.4, -0.2) is 36.9 Å². The predicted octanol–water partition coefficient (Wildman–Crippen LogP) is 3.64. The number of hydrogen-bond acceptors (Lipinski definition) is 4. The van der Waals surface area contributed by atoms with Crippen molar-refractivity contribution in [2.75, 3.05) is 24.7 Å². The molecule has 1 heterocycles. The van der Waals surface area contributed by atoms with Gasteiger partial charge < -0.3 is 19.5 Å². The smallest absolute Gasteiger partial charge is 0.259 e. The van der Waals surface area contributed by atoms with Crippen molar-refractivity contribution in [3.05, 3.63) is 66.2 Å². The van der Waals surface area contributed by atoms with Crippen LogP contribution in [0.25, 0.3) is 10.8 Å². The minimum atomic E-state index is -0.801. The fraction of sp³-hybridized carbons (Fsp3) is 0.227. The van der Waals surface area contributed by atoms with Gasteiger partial charge in [-0.2, -0.15) is 0 Å². The minimum absolute atomic E-state index is 0.0816. The largest absolute Gasteiger partial charge is 0.494 e. The molecule has 0 radical (unpaired) electrons. The molecule has 0 spiro atoms. The number of carbonyl (C=O) groups excluding carboxylic acids is 1. The Bertz CT molecular complexity index is 962. The number of hydrogen-bond donors (Lipinski definition) is 1. The molecular formula is C22H21NO4. The van der Waals surface area contributed by atoms with Gasteiger partial charge in [-0.05, 0) is 48.7 Å². The van der Waals surface area contributed by atoms with Crippen molar-refractivity contribution >= 4 is 22.4 Å². The fourth-order valence-electron chi connectivity index (χ4n) is 3.42. The first-order valence-corrected chi connectivity index (χ1v) is 9.04. The fourth-order valence-corrected chi connectivity index (χ4v) is 3.42. The number of ether oxygens (including phenoxy) is 2. The van der Waals surface area contributed by atoms with Gasteiger partial charge in [0.25, 0.3) is 5.91 Å². The zero-order valence-electron chi connectivity index (χ0n) is 15.1. The first-order chi connectivity index (χ1) is 13.2. The molecule has 0 saturated heterocycles. The molecule has 0 bridgehead atoms. The summed E-state index contributed by atoms with van der Waals surface area (Å²) in [5.74, 6) is 1.34. The molecule has 0 saturated carbocycles. The van der Waals surface area contributed by atoms with Crippen LogP contribution in [0.3, 0.4) is 0 Å². The topological polar surface area (TPSA) is 59.0 Å². The first-order valence-electron chi connectivity index (χ1n) is 9.04. The van der Waals surface area contributed by atoms with Crippen LogP contribution >= 0.6 is 0 Å². The van der Waals surface area contributed by atoms with Gasteiger partial charge in [0.1, 0.15) is 24.2 Å². The Morgan fingerprint density at radius 1 is 0.963 bits per heavy atom. The molecule has 4 rings (SSSR count). The number of aliphatic hydroxyl groups excluding tert-OH is 1. The molecule has 5 nitrogen and oxygen atoms in total. The number of benzene rings is 3. The summed E-state index contributed by atoms with van der Waals surface area (Å²) in [5.41, 5.74) is 1.52. The highest BCUT2D eigenvalue weighted by molar-refractivity contribution is 6.25. The van der Waals surface area contributed by atoms with Gasteiger partial charge in [0, 0.05) is 10.9 Å². The Morgan fingerprint density at radius 2 is 1.63 bits per heavy atom. The zero-order chi connectivity index (χ0) is 18.8. The van der Waals surface area contributed by atoms with E-state index in [0.717, 1.165) is 22.2 Å². The van der Waals surface area contributed by atoms with E-state index in [4.69, 9.17) is 9.47 Å². The van der Waals surface area contributed by atoms with Crippen molar-refractivity contribution in [1.82, 2.24) is 0 Å². The van der Waals surface area contributed by atoms with E-state index >= 15 is 0 Å². The lowest BCUT2D eigenvalue weighted by Gasteiger charge is -2.21. The summed E-state index contributed by atoms with van der Waals surface area (Å²) in [6, 6.07) is 18.8. The highest BCUT2D eigenvalue weighted by Gasteiger charge is 2.30. The molecule has 0 aliphatic carbocycles. The molecule has 0 fully saturated rings. The van der Waals surface area contributed by atoms with Gasteiger partial charge in [-0.1, -0.05) is 24.3 Å². The summed E-state index contributed by atoms with van der Waals surface area (Å²) in [7, 11) is 0. The van der Waals surface area contributed by atoms with Crippen LogP contribution < -0.4 is 14.4 Å². The molecule has 1 amide bonds. The number of aliphatic hydroxyl groups is 1. The maximum Gasteiger partial charge on any atom is 0.259 e. The van der Waals surface area contributed by atoms with Crippen LogP contribution in [-0.2, 0) is 0 Å². The van der Waals surface area contributed by atoms with Gasteiger partial charge in [0.2, 0.25) is 0 Å². The Labute approximate surface area is 157 Å². The lowest BCUT2D eigenvalue weighted by Crippen LogP contribution is -2.37. The molecular weight excluding hydrogens is 342 g/mol. The molecule has 0 aromatic heterocycles. The predicted molar refractivity (Wildman–Crippen MR) is 105 cm³/mol. The summed E-state index contributed by atoms with van der Waals surface area (Å²) in [6.45, 7) is 2.82. The van der Waals surface area contributed by atoms with Crippen molar-refractivity contribution in [2.24, 2.45) is 0 Å². The number of rotatable bonds is 7. The van der Waals surface area contributed by atoms with Crippen LogP contribution in [0.2, 0.25) is 0 Å².